The third kappa shape index (κ3) is 3.79. The number of hydrogen-bond donors (Lipinski definition) is 1. The van der Waals surface area contributed by atoms with Gasteiger partial charge in [-0.15, -0.1) is 0 Å². The van der Waals surface area contributed by atoms with Gasteiger partial charge in [-0.3, -0.25) is 4.72 Å². The average Bonchev–Trinajstić information content (AvgIpc) is 2.45. The van der Waals surface area contributed by atoms with E-state index in [0.717, 1.165) is 17.7 Å². The highest BCUT2D eigenvalue weighted by Gasteiger charge is 2.35. The molecule has 0 saturated carbocycles. The number of halogens is 3. The third-order valence-corrected chi connectivity index (χ3v) is 4.86. The summed E-state index contributed by atoms with van der Waals surface area (Å²) in [5, 5.41) is 0. The fraction of sp³-hybridized carbons (Fsp3) is 0.176. The van der Waals surface area contributed by atoms with Gasteiger partial charge in [0.2, 0.25) is 0 Å². The van der Waals surface area contributed by atoms with Crippen LogP contribution in [-0.2, 0) is 16.2 Å². The van der Waals surface area contributed by atoms with Crippen molar-refractivity contribution in [2.24, 2.45) is 0 Å². The van der Waals surface area contributed by atoms with Crippen LogP contribution in [0.25, 0.3) is 6.08 Å². The Morgan fingerprint density at radius 2 is 1.54 bits per heavy atom. The molecule has 0 radical (unpaired) electrons. The minimum atomic E-state index is -4.52. The molecule has 0 saturated heterocycles. The smallest absolute Gasteiger partial charge is 0.280 e. The number of anilines is 1. The summed E-state index contributed by atoms with van der Waals surface area (Å²) in [6.45, 7) is 6.09. The summed E-state index contributed by atoms with van der Waals surface area (Å²) in [4.78, 5) is -0.210. The van der Waals surface area contributed by atoms with Crippen LogP contribution in [0.3, 0.4) is 0 Å². The minimum Gasteiger partial charge on any atom is -0.280 e. The van der Waals surface area contributed by atoms with Gasteiger partial charge in [0.25, 0.3) is 10.0 Å². The van der Waals surface area contributed by atoms with Crippen LogP contribution < -0.4 is 4.72 Å². The van der Waals surface area contributed by atoms with Crippen molar-refractivity contribution in [3.05, 3.63) is 65.2 Å². The van der Waals surface area contributed by atoms with E-state index < -0.39 is 21.8 Å². The standard InChI is InChI=1S/C17H16F3NO2S/c1-4-13-5-7-14(8-6-13)21-24(22,23)15-9-11(2)16(12(3)10-15)17(18,19)20/h4-10,21H,1H2,2-3H3. The van der Waals surface area contributed by atoms with Crippen LogP contribution in [0.5, 0.6) is 0 Å². The summed E-state index contributed by atoms with van der Waals surface area (Å²) < 4.78 is 66.1. The van der Waals surface area contributed by atoms with Crippen LogP contribution in [0.1, 0.15) is 22.3 Å². The molecule has 0 unspecified atom stereocenters. The van der Waals surface area contributed by atoms with Gasteiger partial charge < -0.3 is 0 Å². The summed E-state index contributed by atoms with van der Waals surface area (Å²) in [5.74, 6) is 0. The van der Waals surface area contributed by atoms with Crippen LogP contribution in [-0.4, -0.2) is 8.42 Å². The lowest BCUT2D eigenvalue weighted by molar-refractivity contribution is -0.138. The number of sulfonamides is 1. The van der Waals surface area contributed by atoms with E-state index in [1.807, 2.05) is 0 Å². The molecule has 2 aromatic carbocycles. The predicted octanol–water partition coefficient (Wildman–Crippen LogP) is 4.77. The summed E-state index contributed by atoms with van der Waals surface area (Å²) >= 11 is 0. The number of benzene rings is 2. The molecule has 0 aromatic heterocycles. The van der Waals surface area contributed by atoms with Gasteiger partial charge in [-0.05, 0) is 54.8 Å². The molecule has 128 valence electrons. The maximum Gasteiger partial charge on any atom is 0.416 e. The van der Waals surface area contributed by atoms with Crippen molar-refractivity contribution in [1.82, 2.24) is 0 Å². The molecular formula is C17H16F3NO2S. The highest BCUT2D eigenvalue weighted by Crippen LogP contribution is 2.35. The van der Waals surface area contributed by atoms with Crippen LogP contribution in [0.15, 0.2) is 47.9 Å². The molecule has 0 aliphatic carbocycles. The van der Waals surface area contributed by atoms with E-state index in [1.54, 1.807) is 30.3 Å². The first kappa shape index (κ1) is 18.1. The predicted molar refractivity (Wildman–Crippen MR) is 88.3 cm³/mol. The SMILES string of the molecule is C=Cc1ccc(NS(=O)(=O)c2cc(C)c(C(F)(F)F)c(C)c2)cc1. The van der Waals surface area contributed by atoms with Gasteiger partial charge in [-0.25, -0.2) is 8.42 Å². The Labute approximate surface area is 138 Å². The molecule has 2 aromatic rings. The Kier molecular flexibility index (Phi) is 4.75. The summed E-state index contributed by atoms with van der Waals surface area (Å²) in [5.41, 5.74) is 0.0570. The van der Waals surface area contributed by atoms with E-state index in [2.05, 4.69) is 11.3 Å². The number of alkyl halides is 3. The highest BCUT2D eigenvalue weighted by molar-refractivity contribution is 7.92. The quantitative estimate of drug-likeness (QED) is 0.859. The topological polar surface area (TPSA) is 46.2 Å². The van der Waals surface area contributed by atoms with Gasteiger partial charge in [-0.1, -0.05) is 24.8 Å². The van der Waals surface area contributed by atoms with Crippen molar-refractivity contribution in [2.45, 2.75) is 24.9 Å². The van der Waals surface area contributed by atoms with E-state index in [9.17, 15) is 21.6 Å². The summed E-state index contributed by atoms with van der Waals surface area (Å²) in [6, 6.07) is 8.51. The molecule has 0 fully saturated rings. The summed E-state index contributed by atoms with van der Waals surface area (Å²) in [6.07, 6.45) is -2.91. The van der Waals surface area contributed by atoms with Crippen molar-refractivity contribution in [3.8, 4) is 0 Å². The first-order valence-corrected chi connectivity index (χ1v) is 8.46. The first-order chi connectivity index (χ1) is 11.0. The highest BCUT2D eigenvalue weighted by atomic mass is 32.2. The molecule has 3 nitrogen and oxygen atoms in total. The Hall–Kier alpha value is -2.28. The van der Waals surface area contributed by atoms with Crippen molar-refractivity contribution < 1.29 is 21.6 Å². The molecule has 0 heterocycles. The molecule has 0 amide bonds. The molecule has 24 heavy (non-hydrogen) atoms. The lowest BCUT2D eigenvalue weighted by atomic mass is 10.0. The molecule has 0 aliphatic heterocycles. The van der Waals surface area contributed by atoms with E-state index in [0.29, 0.717) is 5.69 Å². The zero-order valence-corrected chi connectivity index (χ0v) is 13.9. The second kappa shape index (κ2) is 6.32. The van der Waals surface area contributed by atoms with Crippen LogP contribution in [0, 0.1) is 13.8 Å². The molecule has 0 spiro atoms. The third-order valence-electron chi connectivity index (χ3n) is 3.50. The fourth-order valence-electron chi connectivity index (χ4n) is 2.43. The monoisotopic (exact) mass is 355 g/mol. The molecular weight excluding hydrogens is 339 g/mol. The molecule has 2 rings (SSSR count). The second-order valence-electron chi connectivity index (χ2n) is 5.36. The van der Waals surface area contributed by atoms with Crippen molar-refractivity contribution >= 4 is 21.8 Å². The lowest BCUT2D eigenvalue weighted by Crippen LogP contribution is -2.16. The van der Waals surface area contributed by atoms with E-state index in [1.165, 1.54) is 13.8 Å². The number of aryl methyl sites for hydroxylation is 2. The van der Waals surface area contributed by atoms with Crippen LogP contribution in [0.2, 0.25) is 0 Å². The van der Waals surface area contributed by atoms with Crippen molar-refractivity contribution in [1.29, 1.82) is 0 Å². The molecule has 7 heteroatoms. The van der Waals surface area contributed by atoms with Gasteiger partial charge >= 0.3 is 6.18 Å². The van der Waals surface area contributed by atoms with Crippen LogP contribution in [0.4, 0.5) is 18.9 Å². The molecule has 1 N–H and O–H groups in total. The fourth-order valence-corrected chi connectivity index (χ4v) is 3.66. The first-order valence-electron chi connectivity index (χ1n) is 6.98. The maximum absolute atomic E-state index is 13.0. The lowest BCUT2D eigenvalue weighted by Gasteiger charge is -2.16. The Morgan fingerprint density at radius 1 is 1.04 bits per heavy atom. The van der Waals surface area contributed by atoms with E-state index >= 15 is 0 Å². The van der Waals surface area contributed by atoms with Crippen molar-refractivity contribution in [2.75, 3.05) is 4.72 Å². The Balaban J connectivity index is 2.40. The minimum absolute atomic E-state index is 0.134. The number of nitrogens with one attached hydrogen (secondary N) is 1. The molecule has 0 bridgehead atoms. The largest absolute Gasteiger partial charge is 0.416 e. The number of rotatable bonds is 4. The average molecular weight is 355 g/mol. The maximum atomic E-state index is 13.0. The number of hydrogen-bond acceptors (Lipinski definition) is 2. The van der Waals surface area contributed by atoms with Gasteiger partial charge in [0.1, 0.15) is 0 Å². The Bertz CT molecular complexity index is 847. The van der Waals surface area contributed by atoms with Crippen molar-refractivity contribution in [3.63, 3.8) is 0 Å². The van der Waals surface area contributed by atoms with Gasteiger partial charge in [-0.2, -0.15) is 13.2 Å². The van der Waals surface area contributed by atoms with E-state index in [4.69, 9.17) is 0 Å². The van der Waals surface area contributed by atoms with Gasteiger partial charge in [0.05, 0.1) is 10.5 Å². The van der Waals surface area contributed by atoms with E-state index in [-0.39, 0.29) is 16.0 Å². The zero-order valence-electron chi connectivity index (χ0n) is 13.1. The normalized spacial score (nSPS) is 12.0. The summed E-state index contributed by atoms with van der Waals surface area (Å²) in [7, 11) is -3.98. The van der Waals surface area contributed by atoms with Crippen LogP contribution >= 0.6 is 0 Å². The van der Waals surface area contributed by atoms with Gasteiger partial charge in [0.15, 0.2) is 0 Å². The van der Waals surface area contributed by atoms with Gasteiger partial charge in [0, 0.05) is 5.69 Å². The zero-order chi connectivity index (χ0) is 18.1. The second-order valence-corrected chi connectivity index (χ2v) is 7.04. The molecule has 0 atom stereocenters. The molecule has 0 aliphatic rings. The Morgan fingerprint density at radius 3 is 1.96 bits per heavy atom.